The third kappa shape index (κ3) is 2.76. The Kier molecular flexibility index (Phi) is 4.80. The average molecular weight is 284 g/mol. The van der Waals surface area contributed by atoms with Gasteiger partial charge in [0, 0.05) is 23.8 Å². The molecule has 1 N–H and O–H groups in total. The van der Waals surface area contributed by atoms with Gasteiger partial charge in [0.2, 0.25) is 0 Å². The van der Waals surface area contributed by atoms with E-state index < -0.39 is 0 Å². The number of halogens is 1. The molecule has 1 atom stereocenters. The van der Waals surface area contributed by atoms with Gasteiger partial charge < -0.3 is 9.88 Å². The zero-order valence-electron chi connectivity index (χ0n) is 10.7. The number of rotatable bonds is 6. The molecule has 5 heteroatoms. The highest BCUT2D eigenvalue weighted by atomic mass is 35.5. The summed E-state index contributed by atoms with van der Waals surface area (Å²) in [4.78, 5) is 5.63. The van der Waals surface area contributed by atoms with Crippen LogP contribution in [0.3, 0.4) is 0 Å². The van der Waals surface area contributed by atoms with E-state index in [4.69, 9.17) is 11.6 Å². The SMILES string of the molecule is CCCNC(c1sccc1Cl)c1nccn1CC. The summed E-state index contributed by atoms with van der Waals surface area (Å²) in [5.41, 5.74) is 0. The normalized spacial score (nSPS) is 12.8. The molecule has 2 aromatic rings. The van der Waals surface area contributed by atoms with Crippen molar-refractivity contribution in [2.24, 2.45) is 0 Å². The van der Waals surface area contributed by atoms with Crippen LogP contribution in [0.15, 0.2) is 23.8 Å². The fourth-order valence-corrected chi connectivity index (χ4v) is 3.19. The van der Waals surface area contributed by atoms with Gasteiger partial charge in [-0.25, -0.2) is 4.98 Å². The molecule has 0 saturated carbocycles. The van der Waals surface area contributed by atoms with Crippen LogP contribution in [0.2, 0.25) is 5.02 Å². The summed E-state index contributed by atoms with van der Waals surface area (Å²) in [6.07, 6.45) is 4.95. The van der Waals surface area contributed by atoms with E-state index >= 15 is 0 Å². The molecule has 2 heterocycles. The summed E-state index contributed by atoms with van der Waals surface area (Å²) in [5.74, 6) is 1.04. The molecule has 0 fully saturated rings. The molecule has 0 amide bonds. The van der Waals surface area contributed by atoms with Crippen molar-refractivity contribution in [1.29, 1.82) is 0 Å². The second-order valence-corrected chi connectivity index (χ2v) is 5.45. The molecule has 98 valence electrons. The molecule has 1 unspecified atom stereocenters. The van der Waals surface area contributed by atoms with Gasteiger partial charge in [-0.05, 0) is 31.3 Å². The van der Waals surface area contributed by atoms with E-state index in [9.17, 15) is 0 Å². The number of imidazole rings is 1. The lowest BCUT2D eigenvalue weighted by molar-refractivity contribution is 0.547. The molecule has 2 rings (SSSR count). The first-order valence-corrected chi connectivity index (χ1v) is 7.51. The van der Waals surface area contributed by atoms with Crippen LogP contribution in [0, 0.1) is 0 Å². The molecule has 0 aliphatic rings. The maximum Gasteiger partial charge on any atom is 0.131 e. The molecule has 0 aliphatic carbocycles. The van der Waals surface area contributed by atoms with Crippen molar-refractivity contribution in [1.82, 2.24) is 14.9 Å². The van der Waals surface area contributed by atoms with E-state index in [1.165, 1.54) is 0 Å². The highest BCUT2D eigenvalue weighted by Gasteiger charge is 2.21. The van der Waals surface area contributed by atoms with Crippen LogP contribution in [-0.2, 0) is 6.54 Å². The lowest BCUT2D eigenvalue weighted by Crippen LogP contribution is -2.25. The van der Waals surface area contributed by atoms with Gasteiger partial charge in [0.1, 0.15) is 11.9 Å². The number of nitrogens with zero attached hydrogens (tertiary/aromatic N) is 2. The molecule has 3 nitrogen and oxygen atoms in total. The van der Waals surface area contributed by atoms with Crippen LogP contribution in [0.4, 0.5) is 0 Å². The monoisotopic (exact) mass is 283 g/mol. The minimum atomic E-state index is 0.0902. The lowest BCUT2D eigenvalue weighted by atomic mass is 10.2. The second kappa shape index (κ2) is 6.36. The van der Waals surface area contributed by atoms with Crippen molar-refractivity contribution >= 4 is 22.9 Å². The summed E-state index contributed by atoms with van der Waals surface area (Å²) in [6.45, 7) is 6.16. The Hall–Kier alpha value is -0.840. The number of hydrogen-bond acceptors (Lipinski definition) is 3. The highest BCUT2D eigenvalue weighted by molar-refractivity contribution is 7.10. The average Bonchev–Trinajstić information content (AvgIpc) is 2.99. The van der Waals surface area contributed by atoms with E-state index in [-0.39, 0.29) is 6.04 Å². The maximum absolute atomic E-state index is 6.26. The van der Waals surface area contributed by atoms with Crippen molar-refractivity contribution in [3.63, 3.8) is 0 Å². The molecule has 0 aliphatic heterocycles. The van der Waals surface area contributed by atoms with E-state index in [2.05, 4.69) is 28.7 Å². The van der Waals surface area contributed by atoms with Crippen LogP contribution in [-0.4, -0.2) is 16.1 Å². The molecule has 0 saturated heterocycles. The number of thiophene rings is 1. The zero-order chi connectivity index (χ0) is 13.0. The minimum Gasteiger partial charge on any atom is -0.334 e. The quantitative estimate of drug-likeness (QED) is 0.876. The fraction of sp³-hybridized carbons (Fsp3) is 0.462. The van der Waals surface area contributed by atoms with Gasteiger partial charge in [0.25, 0.3) is 0 Å². The largest absolute Gasteiger partial charge is 0.334 e. The Morgan fingerprint density at radius 3 is 2.94 bits per heavy atom. The topological polar surface area (TPSA) is 29.9 Å². The molecule has 0 aromatic carbocycles. The van der Waals surface area contributed by atoms with Gasteiger partial charge in [-0.15, -0.1) is 11.3 Å². The van der Waals surface area contributed by atoms with Gasteiger partial charge in [-0.1, -0.05) is 18.5 Å². The van der Waals surface area contributed by atoms with Crippen LogP contribution >= 0.6 is 22.9 Å². The zero-order valence-corrected chi connectivity index (χ0v) is 12.3. The summed E-state index contributed by atoms with van der Waals surface area (Å²) >= 11 is 7.94. The van der Waals surface area contributed by atoms with Gasteiger partial charge in [-0.3, -0.25) is 0 Å². The second-order valence-electron chi connectivity index (χ2n) is 4.09. The number of nitrogens with one attached hydrogen (secondary N) is 1. The van der Waals surface area contributed by atoms with Gasteiger partial charge >= 0.3 is 0 Å². The first-order valence-electron chi connectivity index (χ1n) is 6.25. The van der Waals surface area contributed by atoms with Crippen LogP contribution in [0.25, 0.3) is 0 Å². The Morgan fingerprint density at radius 2 is 2.33 bits per heavy atom. The summed E-state index contributed by atoms with van der Waals surface area (Å²) in [7, 11) is 0. The first-order chi connectivity index (χ1) is 8.77. The van der Waals surface area contributed by atoms with Crippen molar-refractivity contribution in [2.75, 3.05) is 6.54 Å². The fourth-order valence-electron chi connectivity index (χ4n) is 1.95. The summed E-state index contributed by atoms with van der Waals surface area (Å²) < 4.78 is 2.16. The van der Waals surface area contributed by atoms with Crippen LogP contribution < -0.4 is 5.32 Å². The lowest BCUT2D eigenvalue weighted by Gasteiger charge is -2.18. The molecule has 2 aromatic heterocycles. The molecule has 0 radical (unpaired) electrons. The van der Waals surface area contributed by atoms with Crippen LogP contribution in [0.5, 0.6) is 0 Å². The Labute approximate surface area is 117 Å². The van der Waals surface area contributed by atoms with Crippen molar-refractivity contribution in [3.8, 4) is 0 Å². The van der Waals surface area contributed by atoms with E-state index in [1.54, 1.807) is 11.3 Å². The number of hydrogen-bond donors (Lipinski definition) is 1. The Balaban J connectivity index is 2.34. The van der Waals surface area contributed by atoms with Crippen molar-refractivity contribution < 1.29 is 0 Å². The van der Waals surface area contributed by atoms with E-state index in [0.717, 1.165) is 35.2 Å². The Bertz CT molecular complexity index is 492. The van der Waals surface area contributed by atoms with Crippen LogP contribution in [0.1, 0.15) is 37.0 Å². The van der Waals surface area contributed by atoms with Crippen molar-refractivity contribution in [2.45, 2.75) is 32.9 Å². The molecule has 18 heavy (non-hydrogen) atoms. The van der Waals surface area contributed by atoms with Gasteiger partial charge in [0.15, 0.2) is 0 Å². The summed E-state index contributed by atoms with van der Waals surface area (Å²) in [5, 5.41) is 6.38. The Morgan fingerprint density at radius 1 is 1.50 bits per heavy atom. The minimum absolute atomic E-state index is 0.0902. The maximum atomic E-state index is 6.26. The van der Waals surface area contributed by atoms with E-state index in [1.807, 2.05) is 23.8 Å². The molecule has 0 bridgehead atoms. The van der Waals surface area contributed by atoms with E-state index in [0.29, 0.717) is 0 Å². The van der Waals surface area contributed by atoms with Crippen molar-refractivity contribution in [3.05, 3.63) is 39.6 Å². The summed E-state index contributed by atoms with van der Waals surface area (Å²) in [6, 6.07) is 2.04. The number of aryl methyl sites for hydroxylation is 1. The third-order valence-corrected chi connectivity index (χ3v) is 4.28. The predicted molar refractivity (Wildman–Crippen MR) is 77.4 cm³/mol. The first kappa shape index (κ1) is 13.6. The van der Waals surface area contributed by atoms with Gasteiger partial charge in [-0.2, -0.15) is 0 Å². The predicted octanol–water partition coefficient (Wildman–Crippen LogP) is 3.71. The third-order valence-electron chi connectivity index (χ3n) is 2.85. The molecular formula is C13H18ClN3S. The molecule has 0 spiro atoms. The molecular weight excluding hydrogens is 266 g/mol. The van der Waals surface area contributed by atoms with Gasteiger partial charge in [0.05, 0.1) is 5.02 Å². The highest BCUT2D eigenvalue weighted by Crippen LogP contribution is 2.32. The number of aromatic nitrogens is 2. The smallest absolute Gasteiger partial charge is 0.131 e. The standard InChI is InChI=1S/C13H18ClN3S/c1-3-6-15-11(12-10(14)5-9-18-12)13-16-7-8-17(13)4-2/h5,7-9,11,15H,3-4,6H2,1-2H3.